The molecule has 1 fully saturated rings. The maximum atomic E-state index is 13.1. The Morgan fingerprint density at radius 3 is 2.32 bits per heavy atom. The van der Waals surface area contributed by atoms with E-state index in [1.165, 1.54) is 17.7 Å². The molecule has 2 aromatic rings. The summed E-state index contributed by atoms with van der Waals surface area (Å²) in [5.41, 5.74) is 3.13. The Bertz CT molecular complexity index is 785. The Kier molecular flexibility index (Phi) is 6.68. The molecule has 1 N–H and O–H groups in total. The monoisotopic (exact) mass is 383 g/mol. The number of nitrogens with zero attached hydrogens (tertiary/aromatic N) is 2. The molecule has 0 bridgehead atoms. The van der Waals surface area contributed by atoms with Crippen LogP contribution < -0.4 is 10.2 Å². The van der Waals surface area contributed by atoms with Crippen LogP contribution in [0.5, 0.6) is 0 Å². The summed E-state index contributed by atoms with van der Waals surface area (Å²) in [6.45, 7) is 9.57. The first-order chi connectivity index (χ1) is 13.5. The third kappa shape index (κ3) is 4.71. The lowest BCUT2D eigenvalue weighted by atomic mass is 9.97. The van der Waals surface area contributed by atoms with Gasteiger partial charge in [-0.3, -0.25) is 9.69 Å². The molecular weight excluding hydrogens is 353 g/mol. The number of para-hydroxylation sites is 1. The van der Waals surface area contributed by atoms with Gasteiger partial charge in [0.15, 0.2) is 0 Å². The quantitative estimate of drug-likeness (QED) is 0.798. The maximum absolute atomic E-state index is 13.1. The van der Waals surface area contributed by atoms with Crippen LogP contribution in [0.25, 0.3) is 0 Å². The second-order valence-corrected chi connectivity index (χ2v) is 7.56. The molecule has 2 aromatic carbocycles. The van der Waals surface area contributed by atoms with E-state index in [-0.39, 0.29) is 17.8 Å². The van der Waals surface area contributed by atoms with Crippen molar-refractivity contribution in [1.29, 1.82) is 0 Å². The lowest BCUT2D eigenvalue weighted by Crippen LogP contribution is -2.52. The van der Waals surface area contributed by atoms with Gasteiger partial charge in [0.2, 0.25) is 5.91 Å². The van der Waals surface area contributed by atoms with Gasteiger partial charge in [0.05, 0.1) is 6.04 Å². The molecule has 150 valence electrons. The fraction of sp³-hybridized carbons (Fsp3) is 0.435. The van der Waals surface area contributed by atoms with Gasteiger partial charge in [0, 0.05) is 37.6 Å². The van der Waals surface area contributed by atoms with Crippen molar-refractivity contribution < 1.29 is 9.18 Å². The second-order valence-electron chi connectivity index (χ2n) is 7.56. The molecule has 28 heavy (non-hydrogen) atoms. The lowest BCUT2D eigenvalue weighted by molar-refractivity contribution is -0.120. The van der Waals surface area contributed by atoms with Crippen molar-refractivity contribution >= 4 is 17.3 Å². The van der Waals surface area contributed by atoms with Gasteiger partial charge in [0.1, 0.15) is 5.82 Å². The van der Waals surface area contributed by atoms with E-state index < -0.39 is 0 Å². The van der Waals surface area contributed by atoms with Crippen LogP contribution in [0.1, 0.15) is 38.7 Å². The highest BCUT2D eigenvalue weighted by atomic mass is 19.1. The summed E-state index contributed by atoms with van der Waals surface area (Å²) in [6.07, 6.45) is 1.04. The van der Waals surface area contributed by atoms with E-state index in [1.807, 2.05) is 37.3 Å². The predicted octanol–water partition coefficient (Wildman–Crippen LogP) is 4.49. The van der Waals surface area contributed by atoms with Crippen LogP contribution in [0.2, 0.25) is 0 Å². The fourth-order valence-electron chi connectivity index (χ4n) is 3.68. The van der Waals surface area contributed by atoms with Crippen molar-refractivity contribution in [2.75, 3.05) is 36.4 Å². The molecule has 1 aliphatic rings. The van der Waals surface area contributed by atoms with E-state index in [0.29, 0.717) is 5.92 Å². The first kappa shape index (κ1) is 20.3. The van der Waals surface area contributed by atoms with E-state index in [0.717, 1.165) is 44.0 Å². The van der Waals surface area contributed by atoms with Gasteiger partial charge in [-0.2, -0.15) is 0 Å². The largest absolute Gasteiger partial charge is 0.369 e. The zero-order valence-corrected chi connectivity index (χ0v) is 17.0. The number of anilines is 2. The normalized spacial score (nSPS) is 17.2. The minimum absolute atomic E-state index is 0.0333. The number of benzene rings is 2. The molecule has 2 atom stereocenters. The van der Waals surface area contributed by atoms with Gasteiger partial charge in [0.25, 0.3) is 0 Å². The lowest BCUT2D eigenvalue weighted by Gasteiger charge is -2.38. The molecular formula is C23H30FN3O. The Labute approximate surface area is 167 Å². The van der Waals surface area contributed by atoms with Crippen LogP contribution in [0.15, 0.2) is 48.5 Å². The third-order valence-electron chi connectivity index (χ3n) is 5.80. The molecule has 1 aliphatic heterocycles. The average molecular weight is 384 g/mol. The van der Waals surface area contributed by atoms with Gasteiger partial charge >= 0.3 is 0 Å². The Balaban J connectivity index is 1.58. The van der Waals surface area contributed by atoms with Crippen molar-refractivity contribution in [2.24, 2.45) is 0 Å². The number of rotatable bonds is 6. The van der Waals surface area contributed by atoms with E-state index >= 15 is 0 Å². The summed E-state index contributed by atoms with van der Waals surface area (Å²) in [5.74, 6) is 0.224. The average Bonchev–Trinajstić information content (AvgIpc) is 2.73. The summed E-state index contributed by atoms with van der Waals surface area (Å²) in [5, 5.41) is 3.14. The van der Waals surface area contributed by atoms with Crippen molar-refractivity contribution in [3.63, 3.8) is 0 Å². The highest BCUT2D eigenvalue weighted by Gasteiger charge is 2.26. The molecule has 0 aliphatic carbocycles. The number of halogens is 1. The predicted molar refractivity (Wildman–Crippen MR) is 113 cm³/mol. The molecule has 0 aromatic heterocycles. The third-order valence-corrected chi connectivity index (χ3v) is 5.80. The molecule has 1 saturated heterocycles. The number of carbonyl (C=O) groups is 1. The SMILES string of the molecule is CCC(C)c1ccccc1NC(=O)C(C)N1CCN(c2ccc(F)cc2)CC1. The topological polar surface area (TPSA) is 35.6 Å². The van der Waals surface area contributed by atoms with E-state index in [4.69, 9.17) is 0 Å². The van der Waals surface area contributed by atoms with E-state index in [1.54, 1.807) is 0 Å². The van der Waals surface area contributed by atoms with Crippen LogP contribution in [-0.4, -0.2) is 43.0 Å². The first-order valence-electron chi connectivity index (χ1n) is 10.1. The molecule has 0 saturated carbocycles. The van der Waals surface area contributed by atoms with Crippen LogP contribution in [0.3, 0.4) is 0 Å². The highest BCUT2D eigenvalue weighted by molar-refractivity contribution is 5.95. The van der Waals surface area contributed by atoms with E-state index in [2.05, 4.69) is 35.0 Å². The Morgan fingerprint density at radius 2 is 1.68 bits per heavy atom. The Morgan fingerprint density at radius 1 is 1.04 bits per heavy atom. The summed E-state index contributed by atoms with van der Waals surface area (Å²) < 4.78 is 13.1. The van der Waals surface area contributed by atoms with Crippen LogP contribution >= 0.6 is 0 Å². The van der Waals surface area contributed by atoms with Gasteiger partial charge in [-0.1, -0.05) is 32.0 Å². The van der Waals surface area contributed by atoms with Crippen molar-refractivity contribution in [1.82, 2.24) is 4.90 Å². The minimum Gasteiger partial charge on any atom is -0.369 e. The number of hydrogen-bond donors (Lipinski definition) is 1. The van der Waals surface area contributed by atoms with Gasteiger partial charge < -0.3 is 10.2 Å². The van der Waals surface area contributed by atoms with Crippen LogP contribution in [0.4, 0.5) is 15.8 Å². The Hall–Kier alpha value is -2.40. The highest BCUT2D eigenvalue weighted by Crippen LogP contribution is 2.27. The van der Waals surface area contributed by atoms with Crippen molar-refractivity contribution in [2.45, 2.75) is 39.2 Å². The molecule has 2 unspecified atom stereocenters. The number of nitrogens with one attached hydrogen (secondary N) is 1. The zero-order chi connectivity index (χ0) is 20.1. The van der Waals surface area contributed by atoms with Crippen molar-refractivity contribution in [3.05, 3.63) is 59.9 Å². The van der Waals surface area contributed by atoms with Gasteiger partial charge in [-0.05, 0) is 55.2 Å². The molecule has 5 heteroatoms. The van der Waals surface area contributed by atoms with Crippen LogP contribution in [0, 0.1) is 5.82 Å². The summed E-state index contributed by atoms with van der Waals surface area (Å²) >= 11 is 0. The molecule has 0 radical (unpaired) electrons. The first-order valence-corrected chi connectivity index (χ1v) is 10.1. The fourth-order valence-corrected chi connectivity index (χ4v) is 3.68. The standard InChI is InChI=1S/C23H30FN3O/c1-4-17(2)21-7-5-6-8-22(21)25-23(28)18(3)26-13-15-27(16-14-26)20-11-9-19(24)10-12-20/h5-12,17-18H,4,13-16H2,1-3H3,(H,25,28). The number of hydrogen-bond acceptors (Lipinski definition) is 3. The number of piperazine rings is 1. The van der Waals surface area contributed by atoms with E-state index in [9.17, 15) is 9.18 Å². The smallest absolute Gasteiger partial charge is 0.241 e. The van der Waals surface area contributed by atoms with Gasteiger partial charge in [-0.15, -0.1) is 0 Å². The molecule has 1 amide bonds. The minimum atomic E-state index is -0.217. The molecule has 4 nitrogen and oxygen atoms in total. The molecule has 0 spiro atoms. The summed E-state index contributed by atoms with van der Waals surface area (Å²) in [7, 11) is 0. The second kappa shape index (κ2) is 9.20. The number of carbonyl (C=O) groups excluding carboxylic acids is 1. The summed E-state index contributed by atoms with van der Waals surface area (Å²) in [4.78, 5) is 17.3. The molecule has 3 rings (SSSR count). The zero-order valence-electron chi connectivity index (χ0n) is 17.0. The molecule has 1 heterocycles. The number of amides is 1. The summed E-state index contributed by atoms with van der Waals surface area (Å²) in [6, 6.07) is 14.5. The maximum Gasteiger partial charge on any atom is 0.241 e. The van der Waals surface area contributed by atoms with Gasteiger partial charge in [-0.25, -0.2) is 4.39 Å². The van der Waals surface area contributed by atoms with Crippen molar-refractivity contribution in [3.8, 4) is 0 Å². The van der Waals surface area contributed by atoms with Crippen LogP contribution in [-0.2, 0) is 4.79 Å².